The number of alkyl halides is 2. The molecule has 0 radical (unpaired) electrons. The van der Waals surface area contributed by atoms with Crippen LogP contribution in [0.3, 0.4) is 0 Å². The van der Waals surface area contributed by atoms with Crippen LogP contribution in [0.15, 0.2) is 40.1 Å². The molecule has 0 saturated carbocycles. The summed E-state index contributed by atoms with van der Waals surface area (Å²) in [6.07, 6.45) is -0.650. The standard InChI is InChI=1S/C18H16ClF2N5O2/c19-15-14(7-22-23-18(15)28)25-6-5-13-12(9-25)17(27)24-26(13)8-10-3-1-2-4-11(10)16(20)21/h1-4,7,16H,5-6,8-9H2,(H,23,28)(H,24,27). The fourth-order valence-electron chi connectivity index (χ4n) is 3.51. The van der Waals surface area contributed by atoms with Gasteiger partial charge in [-0.15, -0.1) is 0 Å². The number of fused-ring (bicyclic) bond motifs is 1. The van der Waals surface area contributed by atoms with E-state index < -0.39 is 12.0 Å². The Morgan fingerprint density at radius 1 is 1.21 bits per heavy atom. The average Bonchev–Trinajstić information content (AvgIpc) is 2.99. The van der Waals surface area contributed by atoms with E-state index in [-0.39, 0.29) is 29.2 Å². The number of hydrogen-bond acceptors (Lipinski definition) is 4. The average molecular weight is 408 g/mol. The van der Waals surface area contributed by atoms with Gasteiger partial charge in [-0.05, 0) is 5.56 Å². The predicted octanol–water partition coefficient (Wildman–Crippen LogP) is 2.46. The van der Waals surface area contributed by atoms with E-state index in [1.807, 2.05) is 0 Å². The molecule has 146 valence electrons. The molecule has 1 aliphatic rings. The maximum absolute atomic E-state index is 13.2. The summed E-state index contributed by atoms with van der Waals surface area (Å²) in [6, 6.07) is 6.27. The highest BCUT2D eigenvalue weighted by molar-refractivity contribution is 6.32. The van der Waals surface area contributed by atoms with Crippen LogP contribution in [0.2, 0.25) is 5.02 Å². The van der Waals surface area contributed by atoms with Crippen LogP contribution in [0.1, 0.15) is 28.8 Å². The third-order valence-corrected chi connectivity index (χ3v) is 5.25. The van der Waals surface area contributed by atoms with Crippen molar-refractivity contribution in [1.82, 2.24) is 20.0 Å². The molecular formula is C18H16ClF2N5O2. The van der Waals surface area contributed by atoms with Crippen LogP contribution in [-0.2, 0) is 19.5 Å². The summed E-state index contributed by atoms with van der Waals surface area (Å²) in [5, 5.41) is 8.77. The lowest BCUT2D eigenvalue weighted by molar-refractivity contribution is 0.150. The van der Waals surface area contributed by atoms with Gasteiger partial charge in [0.15, 0.2) is 0 Å². The van der Waals surface area contributed by atoms with Gasteiger partial charge in [-0.2, -0.15) is 5.10 Å². The molecule has 0 saturated heterocycles. The second-order valence-corrected chi connectivity index (χ2v) is 6.90. The lowest BCUT2D eigenvalue weighted by Crippen LogP contribution is -2.34. The van der Waals surface area contributed by atoms with Crippen molar-refractivity contribution in [2.24, 2.45) is 0 Å². The number of nitrogens with one attached hydrogen (secondary N) is 2. The number of H-pyrrole nitrogens is 2. The van der Waals surface area contributed by atoms with Crippen molar-refractivity contribution in [3.8, 4) is 0 Å². The maximum Gasteiger partial charge on any atom is 0.285 e. The molecule has 7 nitrogen and oxygen atoms in total. The Hall–Kier alpha value is -2.94. The number of aromatic amines is 2. The Labute approximate surface area is 162 Å². The highest BCUT2D eigenvalue weighted by atomic mass is 35.5. The summed E-state index contributed by atoms with van der Waals surface area (Å²) < 4.78 is 28.1. The fourth-order valence-corrected chi connectivity index (χ4v) is 3.72. The molecule has 0 atom stereocenters. The van der Waals surface area contributed by atoms with Crippen molar-refractivity contribution in [2.45, 2.75) is 25.9 Å². The normalized spacial score (nSPS) is 13.8. The molecule has 0 bridgehead atoms. The van der Waals surface area contributed by atoms with Gasteiger partial charge in [-0.3, -0.25) is 19.4 Å². The second kappa shape index (κ2) is 7.23. The zero-order valence-electron chi connectivity index (χ0n) is 14.6. The number of nitrogens with zero attached hydrogens (tertiary/aromatic N) is 3. The number of hydrogen-bond donors (Lipinski definition) is 2. The summed E-state index contributed by atoms with van der Waals surface area (Å²) in [7, 11) is 0. The summed E-state index contributed by atoms with van der Waals surface area (Å²) in [6.45, 7) is 0.906. The van der Waals surface area contributed by atoms with Crippen LogP contribution in [-0.4, -0.2) is 26.5 Å². The van der Waals surface area contributed by atoms with E-state index in [1.54, 1.807) is 27.8 Å². The third-order valence-electron chi connectivity index (χ3n) is 4.89. The summed E-state index contributed by atoms with van der Waals surface area (Å²) in [5.74, 6) is 0. The smallest absolute Gasteiger partial charge is 0.285 e. The molecule has 1 aliphatic heterocycles. The molecule has 0 unspecified atom stereocenters. The number of rotatable bonds is 4. The Balaban J connectivity index is 1.66. The number of halogens is 3. The lowest BCUT2D eigenvalue weighted by atomic mass is 10.1. The first-order valence-electron chi connectivity index (χ1n) is 8.60. The Kier molecular flexibility index (Phi) is 4.76. The van der Waals surface area contributed by atoms with Gasteiger partial charge < -0.3 is 4.90 Å². The van der Waals surface area contributed by atoms with E-state index in [2.05, 4.69) is 15.3 Å². The molecule has 0 spiro atoms. The Bertz CT molecular complexity index is 1140. The molecule has 0 aliphatic carbocycles. The highest BCUT2D eigenvalue weighted by Crippen LogP contribution is 2.27. The minimum atomic E-state index is -2.59. The number of benzene rings is 1. The Morgan fingerprint density at radius 3 is 2.79 bits per heavy atom. The van der Waals surface area contributed by atoms with E-state index in [9.17, 15) is 18.4 Å². The van der Waals surface area contributed by atoms with Crippen LogP contribution >= 0.6 is 11.6 Å². The van der Waals surface area contributed by atoms with Crippen LogP contribution in [0.4, 0.5) is 14.5 Å². The van der Waals surface area contributed by atoms with Gasteiger partial charge in [0, 0.05) is 24.2 Å². The van der Waals surface area contributed by atoms with Crippen molar-refractivity contribution in [1.29, 1.82) is 0 Å². The summed E-state index contributed by atoms with van der Waals surface area (Å²) >= 11 is 6.07. The minimum absolute atomic E-state index is 0.0140. The molecule has 1 aromatic carbocycles. The van der Waals surface area contributed by atoms with Crippen molar-refractivity contribution in [2.75, 3.05) is 11.4 Å². The molecule has 2 N–H and O–H groups in total. The lowest BCUT2D eigenvalue weighted by Gasteiger charge is -2.29. The summed E-state index contributed by atoms with van der Waals surface area (Å²) in [5.41, 5.74) is 1.35. The van der Waals surface area contributed by atoms with Crippen LogP contribution in [0, 0.1) is 0 Å². The van der Waals surface area contributed by atoms with Crippen molar-refractivity contribution < 1.29 is 8.78 Å². The first kappa shape index (κ1) is 18.4. The second-order valence-electron chi connectivity index (χ2n) is 6.52. The van der Waals surface area contributed by atoms with Gasteiger partial charge in [-0.25, -0.2) is 13.9 Å². The molecule has 4 rings (SSSR count). The zero-order chi connectivity index (χ0) is 19.8. The van der Waals surface area contributed by atoms with Gasteiger partial charge >= 0.3 is 0 Å². The van der Waals surface area contributed by atoms with Gasteiger partial charge in [0.05, 0.1) is 30.5 Å². The van der Waals surface area contributed by atoms with Gasteiger partial charge in [0.1, 0.15) is 5.02 Å². The van der Waals surface area contributed by atoms with Crippen molar-refractivity contribution >= 4 is 17.3 Å². The van der Waals surface area contributed by atoms with Crippen LogP contribution in [0.5, 0.6) is 0 Å². The molecule has 0 fully saturated rings. The first-order chi connectivity index (χ1) is 13.5. The van der Waals surface area contributed by atoms with E-state index in [0.29, 0.717) is 29.8 Å². The zero-order valence-corrected chi connectivity index (χ0v) is 15.3. The molecule has 2 aromatic heterocycles. The van der Waals surface area contributed by atoms with Crippen molar-refractivity contribution in [3.05, 3.63) is 78.6 Å². The quantitative estimate of drug-likeness (QED) is 0.695. The molecular weight excluding hydrogens is 392 g/mol. The monoisotopic (exact) mass is 407 g/mol. The summed E-state index contributed by atoms with van der Waals surface area (Å²) in [4.78, 5) is 25.9. The predicted molar refractivity (Wildman–Crippen MR) is 100 cm³/mol. The topological polar surface area (TPSA) is 86.8 Å². The highest BCUT2D eigenvalue weighted by Gasteiger charge is 2.26. The van der Waals surface area contributed by atoms with Gasteiger partial charge in [0.25, 0.3) is 17.5 Å². The van der Waals surface area contributed by atoms with Crippen LogP contribution < -0.4 is 16.0 Å². The molecule has 28 heavy (non-hydrogen) atoms. The minimum Gasteiger partial charge on any atom is -0.364 e. The fraction of sp³-hybridized carbons (Fsp3) is 0.278. The first-order valence-corrected chi connectivity index (χ1v) is 8.98. The van der Waals surface area contributed by atoms with E-state index >= 15 is 0 Å². The Morgan fingerprint density at radius 2 is 2.00 bits per heavy atom. The van der Waals surface area contributed by atoms with E-state index in [0.717, 1.165) is 5.69 Å². The third kappa shape index (κ3) is 3.22. The van der Waals surface area contributed by atoms with Gasteiger partial charge in [0.2, 0.25) is 0 Å². The van der Waals surface area contributed by atoms with Crippen molar-refractivity contribution in [3.63, 3.8) is 0 Å². The number of anilines is 1. The molecule has 10 heteroatoms. The van der Waals surface area contributed by atoms with E-state index in [4.69, 9.17) is 11.6 Å². The largest absolute Gasteiger partial charge is 0.364 e. The van der Waals surface area contributed by atoms with E-state index in [1.165, 1.54) is 12.3 Å². The molecule has 3 heterocycles. The SMILES string of the molecule is O=c1[nH]ncc(N2CCc3c(c(=O)[nH]n3Cc3ccccc3C(F)F)C2)c1Cl. The van der Waals surface area contributed by atoms with Gasteiger partial charge in [-0.1, -0.05) is 35.9 Å². The number of aromatic nitrogens is 4. The molecule has 0 amide bonds. The maximum atomic E-state index is 13.2. The van der Waals surface area contributed by atoms with Crippen LogP contribution in [0.25, 0.3) is 0 Å². The molecule has 3 aromatic rings.